The largest absolute Gasteiger partial charge is 0.452 e. The summed E-state index contributed by atoms with van der Waals surface area (Å²) in [5, 5.41) is 9.33. The third-order valence-electron chi connectivity index (χ3n) is 3.07. The molecule has 0 saturated heterocycles. The molecule has 0 radical (unpaired) electrons. The van der Waals surface area contributed by atoms with E-state index in [1.54, 1.807) is 0 Å². The average molecular weight is 406 g/mol. The zero-order valence-corrected chi connectivity index (χ0v) is 15.8. The quantitative estimate of drug-likeness (QED) is 0.577. The van der Waals surface area contributed by atoms with E-state index >= 15 is 0 Å². The molecule has 0 unspecified atom stereocenters. The van der Waals surface area contributed by atoms with Gasteiger partial charge >= 0.3 is 12.0 Å². The fourth-order valence-electron chi connectivity index (χ4n) is 1.74. The van der Waals surface area contributed by atoms with Gasteiger partial charge in [0.15, 0.2) is 6.61 Å². The minimum absolute atomic E-state index is 0.153. The lowest BCUT2D eigenvalue weighted by molar-refractivity contribution is -0.123. The molecule has 0 heterocycles. The van der Waals surface area contributed by atoms with Crippen molar-refractivity contribution < 1.29 is 27.5 Å². The molecule has 1 aromatic rings. The molecular weight excluding hydrogens is 386 g/mol. The number of hydrogen-bond acceptors (Lipinski definition) is 6. The van der Waals surface area contributed by atoms with E-state index in [-0.39, 0.29) is 10.6 Å². The van der Waals surface area contributed by atoms with Crippen LogP contribution in [0.5, 0.6) is 0 Å². The van der Waals surface area contributed by atoms with Crippen LogP contribution in [0, 0.1) is 5.92 Å². The van der Waals surface area contributed by atoms with Crippen LogP contribution in [0.3, 0.4) is 0 Å². The lowest BCUT2D eigenvalue weighted by atomic mass is 10.1. The third kappa shape index (κ3) is 7.38. The van der Waals surface area contributed by atoms with Gasteiger partial charge in [0.2, 0.25) is 10.0 Å². The van der Waals surface area contributed by atoms with Crippen molar-refractivity contribution in [3.63, 3.8) is 0 Å². The van der Waals surface area contributed by atoms with Gasteiger partial charge in [-0.25, -0.2) is 23.1 Å². The number of ether oxygens (including phenoxy) is 1. The van der Waals surface area contributed by atoms with Crippen LogP contribution in [0.15, 0.2) is 23.1 Å². The molecule has 0 aliphatic carbocycles. The number of esters is 1. The van der Waals surface area contributed by atoms with E-state index in [1.807, 2.05) is 19.2 Å². The topological polar surface area (TPSA) is 145 Å². The zero-order valence-electron chi connectivity index (χ0n) is 14.2. The van der Waals surface area contributed by atoms with E-state index in [0.29, 0.717) is 12.5 Å². The summed E-state index contributed by atoms with van der Waals surface area (Å²) in [5.41, 5.74) is -0.160. The predicted octanol–water partition coefficient (Wildman–Crippen LogP) is 1.02. The fraction of sp³-hybridized carbons (Fsp3) is 0.400. The monoisotopic (exact) mass is 405 g/mol. The van der Waals surface area contributed by atoms with Crippen LogP contribution in [0.1, 0.15) is 30.6 Å². The van der Waals surface area contributed by atoms with E-state index < -0.39 is 39.4 Å². The molecule has 0 bridgehead atoms. The zero-order chi connectivity index (χ0) is 19.9. The number of amides is 3. The van der Waals surface area contributed by atoms with Crippen LogP contribution in [-0.4, -0.2) is 39.5 Å². The van der Waals surface area contributed by atoms with Gasteiger partial charge in [-0.15, -0.1) is 0 Å². The number of nitrogens with two attached hydrogens (primary N) is 1. The highest BCUT2D eigenvalue weighted by molar-refractivity contribution is 7.89. The number of imide groups is 1. The van der Waals surface area contributed by atoms with Gasteiger partial charge in [-0.1, -0.05) is 25.4 Å². The summed E-state index contributed by atoms with van der Waals surface area (Å²) in [7, 11) is -4.12. The number of sulfonamides is 1. The van der Waals surface area contributed by atoms with Crippen molar-refractivity contribution >= 4 is 39.5 Å². The number of carbonyl (C=O) groups excluding carboxylic acids is 3. The molecule has 9 nitrogen and oxygen atoms in total. The summed E-state index contributed by atoms with van der Waals surface area (Å²) in [6, 6.07) is 2.63. The second-order valence-electron chi connectivity index (χ2n) is 5.75. The molecule has 3 amide bonds. The summed E-state index contributed by atoms with van der Waals surface area (Å²) < 4.78 is 27.5. The summed E-state index contributed by atoms with van der Waals surface area (Å²) >= 11 is 5.71. The highest BCUT2D eigenvalue weighted by Gasteiger charge is 2.18. The number of benzene rings is 1. The predicted molar refractivity (Wildman–Crippen MR) is 94.1 cm³/mol. The lowest BCUT2D eigenvalue weighted by Crippen LogP contribution is -2.42. The normalized spacial score (nSPS) is 11.1. The van der Waals surface area contributed by atoms with Gasteiger partial charge in [-0.2, -0.15) is 0 Å². The summed E-state index contributed by atoms with van der Waals surface area (Å²) in [4.78, 5) is 34.5. The van der Waals surface area contributed by atoms with Crippen LogP contribution >= 0.6 is 11.6 Å². The van der Waals surface area contributed by atoms with Crippen molar-refractivity contribution in [2.45, 2.75) is 25.2 Å². The van der Waals surface area contributed by atoms with E-state index in [9.17, 15) is 22.8 Å². The Hall–Kier alpha value is -2.17. The van der Waals surface area contributed by atoms with Crippen LogP contribution in [0.2, 0.25) is 5.02 Å². The maximum Gasteiger partial charge on any atom is 0.338 e. The lowest BCUT2D eigenvalue weighted by Gasteiger charge is -2.09. The molecule has 1 rings (SSSR count). The first-order valence-corrected chi connectivity index (χ1v) is 9.50. The number of urea groups is 1. The highest BCUT2D eigenvalue weighted by Crippen LogP contribution is 2.21. The molecular formula is C15H20ClN3O6S. The molecule has 0 saturated carbocycles. The van der Waals surface area contributed by atoms with Crippen LogP contribution in [0.25, 0.3) is 0 Å². The number of nitrogens with one attached hydrogen (secondary N) is 2. The molecule has 0 aliphatic rings. The third-order valence-corrected chi connectivity index (χ3v) is 4.46. The van der Waals surface area contributed by atoms with Crippen LogP contribution < -0.4 is 15.8 Å². The maximum absolute atomic E-state index is 11.9. The second kappa shape index (κ2) is 9.51. The van der Waals surface area contributed by atoms with Gasteiger partial charge < -0.3 is 10.1 Å². The molecule has 0 aliphatic heterocycles. The van der Waals surface area contributed by atoms with Gasteiger partial charge in [0.05, 0.1) is 10.6 Å². The molecule has 0 atom stereocenters. The second-order valence-corrected chi connectivity index (χ2v) is 7.69. The van der Waals surface area contributed by atoms with E-state index in [2.05, 4.69) is 5.32 Å². The smallest absolute Gasteiger partial charge is 0.338 e. The number of halogens is 1. The van der Waals surface area contributed by atoms with Crippen LogP contribution in [-0.2, 0) is 19.6 Å². The average Bonchev–Trinajstić information content (AvgIpc) is 2.51. The molecule has 0 aromatic heterocycles. The number of carbonyl (C=O) groups is 3. The van der Waals surface area contributed by atoms with Gasteiger partial charge in [-0.05, 0) is 30.5 Å². The molecule has 11 heteroatoms. The van der Waals surface area contributed by atoms with Gasteiger partial charge in [0.1, 0.15) is 4.90 Å². The highest BCUT2D eigenvalue weighted by atomic mass is 35.5. The molecule has 0 fully saturated rings. The molecule has 1 aromatic carbocycles. The van der Waals surface area contributed by atoms with Gasteiger partial charge in [0, 0.05) is 6.54 Å². The Labute approximate surface area is 156 Å². The van der Waals surface area contributed by atoms with Crippen molar-refractivity contribution in [3.05, 3.63) is 28.8 Å². The van der Waals surface area contributed by atoms with Gasteiger partial charge in [0.25, 0.3) is 5.91 Å². The standard InChI is InChI=1S/C15H20ClN3O6S/c1-9(2)5-6-18-15(22)19-13(20)8-25-14(21)10-3-4-11(16)12(7-10)26(17,23)24/h3-4,7,9H,5-6,8H2,1-2H3,(H2,17,23,24)(H2,18,19,20,22). The van der Waals surface area contributed by atoms with Crippen molar-refractivity contribution in [3.8, 4) is 0 Å². The summed E-state index contributed by atoms with van der Waals surface area (Å²) in [6.45, 7) is 3.66. The summed E-state index contributed by atoms with van der Waals surface area (Å²) in [5.74, 6) is -1.41. The Morgan fingerprint density at radius 2 is 1.92 bits per heavy atom. The van der Waals surface area contributed by atoms with Crippen molar-refractivity contribution in [1.29, 1.82) is 0 Å². The molecule has 26 heavy (non-hydrogen) atoms. The first-order valence-electron chi connectivity index (χ1n) is 7.58. The first kappa shape index (κ1) is 21.9. The van der Waals surface area contributed by atoms with E-state index in [4.69, 9.17) is 21.5 Å². The Morgan fingerprint density at radius 3 is 2.50 bits per heavy atom. The van der Waals surface area contributed by atoms with E-state index in [1.165, 1.54) is 12.1 Å². The van der Waals surface area contributed by atoms with Crippen LogP contribution in [0.4, 0.5) is 4.79 Å². The SMILES string of the molecule is CC(C)CCNC(=O)NC(=O)COC(=O)c1ccc(Cl)c(S(N)(=O)=O)c1. The Balaban J connectivity index is 2.56. The van der Waals surface area contributed by atoms with Crippen molar-refractivity contribution in [2.75, 3.05) is 13.2 Å². The summed E-state index contributed by atoms with van der Waals surface area (Å²) in [6.07, 6.45) is 0.750. The fourth-order valence-corrected chi connectivity index (χ4v) is 2.82. The molecule has 4 N–H and O–H groups in total. The minimum atomic E-state index is -4.12. The molecule has 144 valence electrons. The number of hydrogen-bond donors (Lipinski definition) is 3. The maximum atomic E-state index is 11.9. The Kier molecular flexibility index (Phi) is 8.00. The Morgan fingerprint density at radius 1 is 1.27 bits per heavy atom. The van der Waals surface area contributed by atoms with E-state index in [0.717, 1.165) is 12.5 Å². The van der Waals surface area contributed by atoms with Crippen molar-refractivity contribution in [2.24, 2.45) is 11.1 Å². The minimum Gasteiger partial charge on any atom is -0.452 e. The van der Waals surface area contributed by atoms with Gasteiger partial charge in [-0.3, -0.25) is 10.1 Å². The molecule has 0 spiro atoms. The Bertz CT molecular complexity index is 795. The first-order chi connectivity index (χ1) is 12.0. The number of rotatable bonds is 7. The van der Waals surface area contributed by atoms with Crippen molar-refractivity contribution in [1.82, 2.24) is 10.6 Å². The number of primary sulfonamides is 1.